The number of alkyl halides is 2. The van der Waals surface area contributed by atoms with Gasteiger partial charge in [0, 0.05) is 51.8 Å². The number of hydrogen-bond acceptors (Lipinski definition) is 6. The molecule has 1 aromatic heterocycles. The molecule has 1 aliphatic carbocycles. The Morgan fingerprint density at radius 3 is 2.28 bits per heavy atom. The van der Waals surface area contributed by atoms with E-state index in [9.17, 15) is 19.2 Å². The molecule has 1 saturated heterocycles. The molecule has 2 aliphatic rings. The molecule has 1 saturated carbocycles. The fourth-order valence-corrected chi connectivity index (χ4v) is 6.08. The third kappa shape index (κ3) is 9.33. The average molecular weight is 662 g/mol. The second kappa shape index (κ2) is 16.2. The smallest absolute Gasteiger partial charge is 0.344 e. The molecule has 2 atom stereocenters. The van der Waals surface area contributed by atoms with Gasteiger partial charge in [0.25, 0.3) is 5.91 Å². The Morgan fingerprint density at radius 2 is 1.68 bits per heavy atom. The fraction of sp³-hybridized carbons (Fsp3) is 0.606. The zero-order valence-corrected chi connectivity index (χ0v) is 27.4. The Kier molecular flexibility index (Phi) is 12.4. The van der Waals surface area contributed by atoms with Gasteiger partial charge in [-0.2, -0.15) is 13.9 Å². The minimum atomic E-state index is -3.94. The third-order valence-corrected chi connectivity index (χ3v) is 9.05. The summed E-state index contributed by atoms with van der Waals surface area (Å²) in [6.45, 7) is 6.18. The van der Waals surface area contributed by atoms with Gasteiger partial charge in [-0.25, -0.2) is 4.39 Å². The highest BCUT2D eigenvalue weighted by molar-refractivity contribution is 5.98. The van der Waals surface area contributed by atoms with Crippen LogP contribution in [0.1, 0.15) is 69.9 Å². The standard InChI is InChI=1S/C33H46F3N7O4/c1-4-28(44)38-27(31(46)42-16-14-41(3)15-17-42)19-22-12-13-26(25(34)18-22)39-30(45)29(23-10-8-6-7-9-11-23)40-32(47)33(35,36)24-20-37-43(5-2)21-24/h12-13,18,20-21,23,27,29H,4-11,14-17,19H2,1-3H3,(H,38,44)(H,39,45)(H,40,47)/t27-,29+/m1/s1. The van der Waals surface area contributed by atoms with Crippen LogP contribution in [0.4, 0.5) is 18.9 Å². The van der Waals surface area contributed by atoms with Gasteiger partial charge in [0.1, 0.15) is 17.9 Å². The van der Waals surface area contributed by atoms with Crippen molar-refractivity contribution in [2.75, 3.05) is 38.5 Å². The van der Waals surface area contributed by atoms with Crippen molar-refractivity contribution in [2.45, 2.75) is 89.8 Å². The van der Waals surface area contributed by atoms with Crippen LogP contribution in [-0.4, -0.2) is 88.5 Å². The number of rotatable bonds is 12. The first-order valence-corrected chi connectivity index (χ1v) is 16.5. The van der Waals surface area contributed by atoms with Crippen LogP contribution in [0, 0.1) is 11.7 Å². The normalized spacial score (nSPS) is 17.8. The largest absolute Gasteiger partial charge is 0.352 e. The van der Waals surface area contributed by atoms with E-state index in [0.717, 1.165) is 38.1 Å². The fourth-order valence-electron chi connectivity index (χ4n) is 6.08. The molecule has 2 heterocycles. The van der Waals surface area contributed by atoms with Gasteiger partial charge in [-0.3, -0.25) is 23.9 Å². The number of halogens is 3. The molecule has 4 rings (SSSR count). The first kappa shape index (κ1) is 35.9. The Balaban J connectivity index is 1.50. The van der Waals surface area contributed by atoms with Gasteiger partial charge in [-0.15, -0.1) is 0 Å². The Bertz CT molecular complexity index is 1400. The van der Waals surface area contributed by atoms with E-state index in [4.69, 9.17) is 0 Å². The number of aromatic nitrogens is 2. The Morgan fingerprint density at radius 1 is 1.00 bits per heavy atom. The average Bonchev–Trinajstić information content (AvgIpc) is 3.40. The summed E-state index contributed by atoms with van der Waals surface area (Å²) in [4.78, 5) is 55.9. The molecule has 1 aliphatic heterocycles. The molecule has 1 aromatic carbocycles. The van der Waals surface area contributed by atoms with Gasteiger partial charge in [-0.1, -0.05) is 38.7 Å². The van der Waals surface area contributed by atoms with Crippen molar-refractivity contribution in [3.8, 4) is 0 Å². The van der Waals surface area contributed by atoms with Crippen LogP contribution in [0.3, 0.4) is 0 Å². The van der Waals surface area contributed by atoms with E-state index < -0.39 is 47.1 Å². The molecule has 0 radical (unpaired) electrons. The van der Waals surface area contributed by atoms with Crippen molar-refractivity contribution in [3.63, 3.8) is 0 Å². The number of aryl methyl sites for hydroxylation is 1. The van der Waals surface area contributed by atoms with Crippen LogP contribution in [0.2, 0.25) is 0 Å². The van der Waals surface area contributed by atoms with E-state index in [0.29, 0.717) is 51.1 Å². The molecule has 0 bridgehead atoms. The summed E-state index contributed by atoms with van der Waals surface area (Å²) in [6.07, 6.45) is 6.73. The maximum absolute atomic E-state index is 15.4. The number of carbonyl (C=O) groups excluding carboxylic acids is 4. The molecule has 258 valence electrons. The van der Waals surface area contributed by atoms with Gasteiger partial charge in [0.2, 0.25) is 17.7 Å². The molecule has 2 aromatic rings. The molecule has 3 N–H and O–H groups in total. The van der Waals surface area contributed by atoms with Gasteiger partial charge in [0.15, 0.2) is 0 Å². The van der Waals surface area contributed by atoms with E-state index in [1.165, 1.54) is 16.8 Å². The van der Waals surface area contributed by atoms with E-state index >= 15 is 13.2 Å². The number of piperazine rings is 1. The van der Waals surface area contributed by atoms with E-state index in [-0.39, 0.29) is 30.3 Å². The quantitative estimate of drug-likeness (QED) is 0.299. The summed E-state index contributed by atoms with van der Waals surface area (Å²) >= 11 is 0. The number of amides is 4. The molecule has 4 amide bonds. The van der Waals surface area contributed by atoms with Gasteiger partial charge >= 0.3 is 5.92 Å². The van der Waals surface area contributed by atoms with E-state index in [2.05, 4.69) is 25.9 Å². The molecule has 0 unspecified atom stereocenters. The minimum absolute atomic E-state index is 0.0342. The van der Waals surface area contributed by atoms with Crippen molar-refractivity contribution in [2.24, 2.45) is 5.92 Å². The predicted octanol–water partition coefficient (Wildman–Crippen LogP) is 3.44. The van der Waals surface area contributed by atoms with E-state index in [1.54, 1.807) is 24.8 Å². The maximum Gasteiger partial charge on any atom is 0.352 e. The lowest BCUT2D eigenvalue weighted by Crippen LogP contribution is -2.54. The lowest BCUT2D eigenvalue weighted by molar-refractivity contribution is -0.149. The number of nitrogens with one attached hydrogen (secondary N) is 3. The predicted molar refractivity (Wildman–Crippen MR) is 170 cm³/mol. The summed E-state index contributed by atoms with van der Waals surface area (Å²) in [6, 6.07) is 1.84. The monoisotopic (exact) mass is 661 g/mol. The zero-order chi connectivity index (χ0) is 34.1. The highest BCUT2D eigenvalue weighted by Gasteiger charge is 2.45. The summed E-state index contributed by atoms with van der Waals surface area (Å²) in [7, 11) is 1.97. The van der Waals surface area contributed by atoms with Crippen LogP contribution in [0.25, 0.3) is 0 Å². The summed E-state index contributed by atoms with van der Waals surface area (Å²) in [5.74, 6) is -8.13. The third-order valence-electron chi connectivity index (χ3n) is 9.05. The lowest BCUT2D eigenvalue weighted by Gasteiger charge is -2.34. The van der Waals surface area contributed by atoms with Crippen LogP contribution in [0.15, 0.2) is 30.6 Å². The number of likely N-dealkylation sites (N-methyl/N-ethyl adjacent to an activating group) is 1. The van der Waals surface area contributed by atoms with Crippen molar-refractivity contribution in [3.05, 3.63) is 47.5 Å². The molecule has 2 fully saturated rings. The molecular formula is C33H46F3N7O4. The minimum Gasteiger partial charge on any atom is -0.344 e. The van der Waals surface area contributed by atoms with Crippen molar-refractivity contribution in [1.82, 2.24) is 30.2 Å². The first-order valence-electron chi connectivity index (χ1n) is 16.5. The van der Waals surface area contributed by atoms with Gasteiger partial charge < -0.3 is 25.8 Å². The number of nitrogens with zero attached hydrogens (tertiary/aromatic N) is 4. The van der Waals surface area contributed by atoms with Crippen LogP contribution < -0.4 is 16.0 Å². The second-order valence-electron chi connectivity index (χ2n) is 12.5. The lowest BCUT2D eigenvalue weighted by atomic mass is 9.90. The van der Waals surface area contributed by atoms with Crippen molar-refractivity contribution in [1.29, 1.82) is 0 Å². The summed E-state index contributed by atoms with van der Waals surface area (Å²) in [5, 5.41) is 11.4. The molecule has 11 nitrogen and oxygen atoms in total. The number of anilines is 1. The first-order chi connectivity index (χ1) is 22.4. The van der Waals surface area contributed by atoms with Crippen LogP contribution in [0.5, 0.6) is 0 Å². The highest BCUT2D eigenvalue weighted by Crippen LogP contribution is 2.31. The summed E-state index contributed by atoms with van der Waals surface area (Å²) < 4.78 is 47.1. The van der Waals surface area contributed by atoms with Crippen LogP contribution in [-0.2, 0) is 38.1 Å². The van der Waals surface area contributed by atoms with Crippen molar-refractivity contribution >= 4 is 29.3 Å². The molecule has 0 spiro atoms. The highest BCUT2D eigenvalue weighted by atomic mass is 19.3. The van der Waals surface area contributed by atoms with Gasteiger partial charge in [-0.05, 0) is 50.4 Å². The Hall–Kier alpha value is -3.94. The topological polar surface area (TPSA) is 129 Å². The van der Waals surface area contributed by atoms with Gasteiger partial charge in [0.05, 0.1) is 17.4 Å². The number of benzene rings is 1. The molecule has 47 heavy (non-hydrogen) atoms. The van der Waals surface area contributed by atoms with Crippen LogP contribution >= 0.6 is 0 Å². The molecule has 14 heteroatoms. The Labute approximate surface area is 273 Å². The second-order valence-corrected chi connectivity index (χ2v) is 12.5. The number of hydrogen-bond donors (Lipinski definition) is 3. The number of carbonyl (C=O) groups is 4. The van der Waals surface area contributed by atoms with Crippen molar-refractivity contribution < 1.29 is 32.3 Å². The summed E-state index contributed by atoms with van der Waals surface area (Å²) in [5.41, 5.74) is -0.356. The maximum atomic E-state index is 15.4. The van der Waals surface area contributed by atoms with E-state index in [1.807, 2.05) is 7.05 Å². The zero-order valence-electron chi connectivity index (χ0n) is 27.4. The molecular weight excluding hydrogens is 615 g/mol. The SMILES string of the molecule is CCC(=O)N[C@H](Cc1ccc(NC(=O)[C@@H](NC(=O)C(F)(F)c2cnn(CC)c2)C2CCCCCC2)c(F)c1)C(=O)N1CCN(C)CC1.